The smallest absolute Gasteiger partial charge is 0.121 e. The minimum Gasteiger partial charge on any atom is -0.336 e. The number of hydrogen-bond donors (Lipinski definition) is 2. The molecule has 0 aliphatic heterocycles. The summed E-state index contributed by atoms with van der Waals surface area (Å²) in [6.45, 7) is 0.612. The standard InChI is InChI=1S/C6H10BrN3S/c1-11-4(2-8)6-9-3-5(7)10-6/h3-4H,2,8H2,1H3,(H,9,10). The summed E-state index contributed by atoms with van der Waals surface area (Å²) in [5.41, 5.74) is 5.53. The number of nitrogens with two attached hydrogens (primary N) is 1. The van der Waals surface area contributed by atoms with Gasteiger partial charge in [-0.25, -0.2) is 4.98 Å². The lowest BCUT2D eigenvalue weighted by atomic mass is 10.4. The number of imidazole rings is 1. The Morgan fingerprint density at radius 3 is 3.00 bits per heavy atom. The number of H-pyrrole nitrogens is 1. The van der Waals surface area contributed by atoms with Crippen LogP contribution in [0.4, 0.5) is 0 Å². The summed E-state index contributed by atoms with van der Waals surface area (Å²) in [4.78, 5) is 7.24. The fourth-order valence-electron chi connectivity index (χ4n) is 0.796. The Kier molecular flexibility index (Phi) is 3.42. The van der Waals surface area contributed by atoms with E-state index in [1.807, 2.05) is 6.26 Å². The average molecular weight is 236 g/mol. The fraction of sp³-hybridized carbons (Fsp3) is 0.500. The van der Waals surface area contributed by atoms with Crippen molar-refractivity contribution in [1.82, 2.24) is 9.97 Å². The van der Waals surface area contributed by atoms with Crippen LogP contribution in [0.5, 0.6) is 0 Å². The van der Waals surface area contributed by atoms with E-state index in [4.69, 9.17) is 5.73 Å². The van der Waals surface area contributed by atoms with Gasteiger partial charge in [0.1, 0.15) is 10.4 Å². The molecule has 1 unspecified atom stereocenters. The summed E-state index contributed by atoms with van der Waals surface area (Å²) < 4.78 is 0.903. The molecule has 0 aliphatic rings. The van der Waals surface area contributed by atoms with Crippen LogP contribution < -0.4 is 5.73 Å². The maximum absolute atomic E-state index is 5.53. The highest BCUT2D eigenvalue weighted by atomic mass is 79.9. The molecule has 3 N–H and O–H groups in total. The van der Waals surface area contributed by atoms with Gasteiger partial charge in [-0.05, 0) is 22.2 Å². The van der Waals surface area contributed by atoms with Crippen molar-refractivity contribution < 1.29 is 0 Å². The van der Waals surface area contributed by atoms with Gasteiger partial charge in [-0.1, -0.05) is 0 Å². The molecule has 1 atom stereocenters. The monoisotopic (exact) mass is 235 g/mol. The third-order valence-electron chi connectivity index (χ3n) is 1.37. The fourth-order valence-corrected chi connectivity index (χ4v) is 1.64. The van der Waals surface area contributed by atoms with Gasteiger partial charge in [-0.15, -0.1) is 0 Å². The van der Waals surface area contributed by atoms with Crippen LogP contribution in [0.25, 0.3) is 0 Å². The molecule has 5 heteroatoms. The van der Waals surface area contributed by atoms with Crippen LogP contribution in [0.3, 0.4) is 0 Å². The topological polar surface area (TPSA) is 54.7 Å². The first-order valence-electron chi connectivity index (χ1n) is 3.21. The second kappa shape index (κ2) is 4.13. The van der Waals surface area contributed by atoms with E-state index < -0.39 is 0 Å². The van der Waals surface area contributed by atoms with Crippen molar-refractivity contribution in [3.8, 4) is 0 Å². The van der Waals surface area contributed by atoms with Crippen molar-refractivity contribution in [3.63, 3.8) is 0 Å². The first kappa shape index (κ1) is 9.09. The number of hydrogen-bond acceptors (Lipinski definition) is 3. The molecular formula is C6H10BrN3S. The molecule has 0 aromatic carbocycles. The molecule has 0 aliphatic carbocycles. The molecule has 1 aromatic heterocycles. The molecule has 0 saturated heterocycles. The average Bonchev–Trinajstić information content (AvgIpc) is 2.39. The number of halogens is 1. The van der Waals surface area contributed by atoms with Crippen molar-refractivity contribution in [3.05, 3.63) is 16.6 Å². The van der Waals surface area contributed by atoms with Crippen LogP contribution >= 0.6 is 27.7 Å². The first-order valence-corrected chi connectivity index (χ1v) is 5.29. The zero-order valence-corrected chi connectivity index (χ0v) is 8.58. The van der Waals surface area contributed by atoms with E-state index in [0.717, 1.165) is 10.4 Å². The van der Waals surface area contributed by atoms with E-state index >= 15 is 0 Å². The maximum Gasteiger partial charge on any atom is 0.121 e. The molecule has 3 nitrogen and oxygen atoms in total. The molecule has 62 valence electrons. The number of rotatable bonds is 3. The summed E-state index contributed by atoms with van der Waals surface area (Å²) in [6.07, 6.45) is 3.77. The third kappa shape index (κ3) is 2.21. The van der Waals surface area contributed by atoms with Crippen molar-refractivity contribution in [2.75, 3.05) is 12.8 Å². The second-order valence-electron chi connectivity index (χ2n) is 2.08. The minimum atomic E-state index is 0.279. The third-order valence-corrected chi connectivity index (χ3v) is 2.76. The van der Waals surface area contributed by atoms with E-state index in [1.165, 1.54) is 0 Å². The number of aromatic nitrogens is 2. The lowest BCUT2D eigenvalue weighted by molar-refractivity contribution is 0.871. The Bertz CT molecular complexity index is 221. The van der Waals surface area contributed by atoms with Crippen molar-refractivity contribution in [1.29, 1.82) is 0 Å². The van der Waals surface area contributed by atoms with E-state index in [9.17, 15) is 0 Å². The van der Waals surface area contributed by atoms with Crippen molar-refractivity contribution in [2.24, 2.45) is 5.73 Å². The van der Waals surface area contributed by atoms with Gasteiger partial charge in [0.25, 0.3) is 0 Å². The Morgan fingerprint density at radius 2 is 2.64 bits per heavy atom. The number of nitrogens with one attached hydrogen (secondary N) is 1. The van der Waals surface area contributed by atoms with Gasteiger partial charge in [0.05, 0.1) is 11.4 Å². The summed E-state index contributed by atoms with van der Waals surface area (Å²) in [7, 11) is 0. The highest BCUT2D eigenvalue weighted by Gasteiger charge is 2.10. The summed E-state index contributed by atoms with van der Waals surface area (Å²) in [6, 6.07) is 0. The van der Waals surface area contributed by atoms with Crippen molar-refractivity contribution >= 4 is 27.7 Å². The van der Waals surface area contributed by atoms with E-state index in [0.29, 0.717) is 6.54 Å². The highest BCUT2D eigenvalue weighted by Crippen LogP contribution is 2.23. The van der Waals surface area contributed by atoms with Crippen LogP contribution in [-0.2, 0) is 0 Å². The van der Waals surface area contributed by atoms with Crippen LogP contribution in [0, 0.1) is 0 Å². The molecule has 0 bridgehead atoms. The number of aromatic amines is 1. The molecule has 0 spiro atoms. The molecule has 0 amide bonds. The van der Waals surface area contributed by atoms with E-state index in [-0.39, 0.29) is 5.25 Å². The van der Waals surface area contributed by atoms with Gasteiger partial charge >= 0.3 is 0 Å². The Labute approximate surface area is 78.3 Å². The zero-order valence-electron chi connectivity index (χ0n) is 6.17. The maximum atomic E-state index is 5.53. The summed E-state index contributed by atoms with van der Waals surface area (Å²) >= 11 is 4.99. The Hall–Kier alpha value is -0.0000000000000000555. The van der Waals surface area contributed by atoms with Gasteiger partial charge in [0.2, 0.25) is 0 Å². The van der Waals surface area contributed by atoms with Crippen LogP contribution in [-0.4, -0.2) is 22.8 Å². The Morgan fingerprint density at radius 1 is 1.91 bits per heavy atom. The predicted octanol–water partition coefficient (Wildman–Crippen LogP) is 1.53. The summed E-state index contributed by atoms with van der Waals surface area (Å²) in [5, 5.41) is 0.279. The predicted molar refractivity (Wildman–Crippen MR) is 51.6 cm³/mol. The van der Waals surface area contributed by atoms with Gasteiger partial charge in [-0.3, -0.25) is 0 Å². The highest BCUT2D eigenvalue weighted by molar-refractivity contribution is 9.10. The normalized spacial score (nSPS) is 13.4. The molecule has 1 rings (SSSR count). The minimum absolute atomic E-state index is 0.279. The van der Waals surface area contributed by atoms with Gasteiger partial charge < -0.3 is 10.7 Å². The Balaban J connectivity index is 2.73. The summed E-state index contributed by atoms with van der Waals surface area (Å²) in [5.74, 6) is 0.937. The van der Waals surface area contributed by atoms with Crippen molar-refractivity contribution in [2.45, 2.75) is 5.25 Å². The molecular weight excluding hydrogens is 226 g/mol. The van der Waals surface area contributed by atoms with Crippen LogP contribution in [0.15, 0.2) is 10.8 Å². The number of thioether (sulfide) groups is 1. The molecule has 0 radical (unpaired) electrons. The van der Waals surface area contributed by atoms with Gasteiger partial charge in [0.15, 0.2) is 0 Å². The SMILES string of the molecule is CSC(CN)c1ncc(Br)[nH]1. The van der Waals surface area contributed by atoms with Gasteiger partial charge in [-0.2, -0.15) is 11.8 Å². The van der Waals surface area contributed by atoms with E-state index in [1.54, 1.807) is 18.0 Å². The number of nitrogens with zero attached hydrogens (tertiary/aromatic N) is 1. The second-order valence-corrected chi connectivity index (χ2v) is 3.97. The van der Waals surface area contributed by atoms with Crippen LogP contribution in [0.2, 0.25) is 0 Å². The zero-order chi connectivity index (χ0) is 8.27. The molecule has 0 saturated carbocycles. The molecule has 1 aromatic rings. The lowest BCUT2D eigenvalue weighted by Crippen LogP contribution is -2.10. The largest absolute Gasteiger partial charge is 0.336 e. The van der Waals surface area contributed by atoms with Crippen LogP contribution in [0.1, 0.15) is 11.1 Å². The molecule has 0 fully saturated rings. The van der Waals surface area contributed by atoms with E-state index in [2.05, 4.69) is 25.9 Å². The van der Waals surface area contributed by atoms with Gasteiger partial charge in [0, 0.05) is 6.54 Å². The lowest BCUT2D eigenvalue weighted by Gasteiger charge is -2.06. The molecule has 11 heavy (non-hydrogen) atoms. The molecule has 1 heterocycles. The quantitative estimate of drug-likeness (QED) is 0.836. The first-order chi connectivity index (χ1) is 5.27.